The molecule has 37 heavy (non-hydrogen) atoms. The van der Waals surface area contributed by atoms with Crippen molar-refractivity contribution in [3.8, 4) is 11.5 Å². The van der Waals surface area contributed by atoms with E-state index >= 15 is 0 Å². The summed E-state index contributed by atoms with van der Waals surface area (Å²) in [6, 6.07) is 3.34. The van der Waals surface area contributed by atoms with Crippen LogP contribution in [0.1, 0.15) is 11.9 Å². The second-order valence-corrected chi connectivity index (χ2v) is 9.59. The zero-order valence-electron chi connectivity index (χ0n) is 19.3. The van der Waals surface area contributed by atoms with Crippen LogP contribution in [0.3, 0.4) is 0 Å². The van der Waals surface area contributed by atoms with Crippen LogP contribution >= 0.6 is 11.3 Å². The first-order valence-corrected chi connectivity index (χ1v) is 12.1. The Bertz CT molecular complexity index is 1580. The van der Waals surface area contributed by atoms with E-state index in [2.05, 4.69) is 34.9 Å². The van der Waals surface area contributed by atoms with E-state index in [1.807, 2.05) is 17.9 Å². The maximum absolute atomic E-state index is 13.6. The molecule has 15 heteroatoms. The van der Waals surface area contributed by atoms with Gasteiger partial charge in [-0.1, -0.05) is 11.3 Å². The highest BCUT2D eigenvalue weighted by atomic mass is 32.1. The van der Waals surface area contributed by atoms with Crippen LogP contribution in [0.4, 0.5) is 18.2 Å². The standard InChI is InChI=1S/C22H19F3N10OS/c1-12-8-33(5-6-35(12)15(36)9-34-11-29-13-3-2-4-27-19(13)34)20-16(31-21(37-20)22(23,24)25)18-30-14-7-26-10-28-17(14)32-18/h2-4,7,10-12H,5-6,8-9H2,1H3,(H,26,28,30,32). The van der Waals surface area contributed by atoms with Crippen LogP contribution in [0.2, 0.25) is 0 Å². The number of aromatic nitrogens is 8. The van der Waals surface area contributed by atoms with Crippen LogP contribution in [0, 0.1) is 0 Å². The van der Waals surface area contributed by atoms with Gasteiger partial charge in [0, 0.05) is 31.9 Å². The molecular formula is C22H19F3N10OS. The van der Waals surface area contributed by atoms with Gasteiger partial charge in [0.05, 0.1) is 12.5 Å². The Morgan fingerprint density at radius 1 is 1.19 bits per heavy atom. The maximum Gasteiger partial charge on any atom is 0.443 e. The third-order valence-electron chi connectivity index (χ3n) is 6.15. The third-order valence-corrected chi connectivity index (χ3v) is 7.31. The van der Waals surface area contributed by atoms with E-state index in [1.54, 1.807) is 28.1 Å². The Kier molecular flexibility index (Phi) is 5.51. The number of aromatic amines is 1. The molecule has 190 valence electrons. The number of alkyl halides is 3. The van der Waals surface area contributed by atoms with E-state index in [0.29, 0.717) is 58.3 Å². The van der Waals surface area contributed by atoms with Crippen molar-refractivity contribution >= 4 is 44.6 Å². The van der Waals surface area contributed by atoms with Crippen molar-refractivity contribution in [1.82, 2.24) is 44.4 Å². The fourth-order valence-electron chi connectivity index (χ4n) is 4.44. The molecule has 1 atom stereocenters. The summed E-state index contributed by atoms with van der Waals surface area (Å²) in [6.07, 6.45) is 1.42. The van der Waals surface area contributed by atoms with Crippen LogP contribution < -0.4 is 4.90 Å². The van der Waals surface area contributed by atoms with Gasteiger partial charge in [-0.05, 0) is 19.1 Å². The monoisotopic (exact) mass is 528 g/mol. The summed E-state index contributed by atoms with van der Waals surface area (Å²) in [4.78, 5) is 44.4. The van der Waals surface area contributed by atoms with Crippen LogP contribution in [0.15, 0.2) is 37.2 Å². The topological polar surface area (TPSA) is 122 Å². The molecule has 1 unspecified atom stereocenters. The lowest BCUT2D eigenvalue weighted by Crippen LogP contribution is -2.54. The molecule has 1 amide bonds. The number of halogens is 3. The predicted molar refractivity (Wildman–Crippen MR) is 129 cm³/mol. The molecule has 0 saturated carbocycles. The number of piperazine rings is 1. The molecular weight excluding hydrogens is 509 g/mol. The van der Waals surface area contributed by atoms with Gasteiger partial charge in [-0.25, -0.2) is 29.9 Å². The van der Waals surface area contributed by atoms with Gasteiger partial charge in [-0.15, -0.1) is 0 Å². The average Bonchev–Trinajstić information content (AvgIpc) is 3.60. The van der Waals surface area contributed by atoms with Crippen molar-refractivity contribution in [3.63, 3.8) is 0 Å². The summed E-state index contributed by atoms with van der Waals surface area (Å²) in [7, 11) is 0. The fraction of sp³-hybridized carbons (Fsp3) is 0.318. The smallest absolute Gasteiger partial charge is 0.358 e. The van der Waals surface area contributed by atoms with E-state index in [9.17, 15) is 18.0 Å². The Labute approximate surface area is 211 Å². The normalized spacial score (nSPS) is 16.7. The quantitative estimate of drug-likeness (QED) is 0.378. The fourth-order valence-corrected chi connectivity index (χ4v) is 5.41. The van der Waals surface area contributed by atoms with E-state index in [1.165, 1.54) is 12.5 Å². The summed E-state index contributed by atoms with van der Waals surface area (Å²) in [6.45, 7) is 2.95. The summed E-state index contributed by atoms with van der Waals surface area (Å²) in [5.74, 6) is 0.0661. The van der Waals surface area contributed by atoms with Gasteiger partial charge in [0.1, 0.15) is 34.6 Å². The van der Waals surface area contributed by atoms with Gasteiger partial charge in [-0.3, -0.25) is 4.79 Å². The number of rotatable bonds is 4. The molecule has 11 nitrogen and oxygen atoms in total. The number of fused-ring (bicyclic) bond motifs is 2. The summed E-state index contributed by atoms with van der Waals surface area (Å²) >= 11 is 0.564. The van der Waals surface area contributed by atoms with Crippen LogP contribution in [-0.2, 0) is 17.5 Å². The summed E-state index contributed by atoms with van der Waals surface area (Å²) in [5.41, 5.74) is 2.24. The molecule has 1 fully saturated rings. The highest BCUT2D eigenvalue weighted by Gasteiger charge is 2.39. The van der Waals surface area contributed by atoms with Crippen molar-refractivity contribution in [2.45, 2.75) is 25.7 Å². The van der Waals surface area contributed by atoms with Crippen LogP contribution in [-0.4, -0.2) is 75.9 Å². The number of hydrogen-bond donors (Lipinski definition) is 1. The van der Waals surface area contributed by atoms with E-state index in [4.69, 9.17) is 0 Å². The average molecular weight is 529 g/mol. The van der Waals surface area contributed by atoms with E-state index in [-0.39, 0.29) is 30.0 Å². The van der Waals surface area contributed by atoms with Gasteiger partial charge in [0.15, 0.2) is 17.1 Å². The first-order chi connectivity index (χ1) is 17.8. The van der Waals surface area contributed by atoms with Gasteiger partial charge < -0.3 is 19.4 Å². The zero-order chi connectivity index (χ0) is 25.7. The van der Waals surface area contributed by atoms with Gasteiger partial charge >= 0.3 is 6.18 Å². The SMILES string of the molecule is CC1CN(c2sc(C(F)(F)F)nc2-c2nc3cncnc3[nH]2)CCN1C(=O)Cn1cnc2cccnc21. The minimum absolute atomic E-state index is 0.0713. The number of hydrogen-bond acceptors (Lipinski definition) is 9. The maximum atomic E-state index is 13.6. The second kappa shape index (κ2) is 8.76. The number of carbonyl (C=O) groups is 1. The highest BCUT2D eigenvalue weighted by molar-refractivity contribution is 7.16. The predicted octanol–water partition coefficient (Wildman–Crippen LogP) is 2.98. The lowest BCUT2D eigenvalue weighted by atomic mass is 10.2. The molecule has 1 saturated heterocycles. The van der Waals surface area contributed by atoms with Gasteiger partial charge in [0.25, 0.3) is 0 Å². The number of nitrogens with zero attached hydrogens (tertiary/aromatic N) is 9. The Morgan fingerprint density at radius 3 is 2.84 bits per heavy atom. The van der Waals surface area contributed by atoms with Crippen molar-refractivity contribution in [1.29, 1.82) is 0 Å². The second-order valence-electron chi connectivity index (χ2n) is 8.61. The largest absolute Gasteiger partial charge is 0.443 e. The number of nitrogens with one attached hydrogen (secondary N) is 1. The van der Waals surface area contributed by atoms with Crippen molar-refractivity contribution in [2.75, 3.05) is 24.5 Å². The number of amides is 1. The van der Waals surface area contributed by atoms with E-state index in [0.717, 1.165) is 0 Å². The van der Waals surface area contributed by atoms with Crippen molar-refractivity contribution in [2.24, 2.45) is 0 Å². The Hall–Kier alpha value is -4.14. The highest BCUT2D eigenvalue weighted by Crippen LogP contribution is 2.42. The number of imidazole rings is 2. The molecule has 0 radical (unpaired) electrons. The van der Waals surface area contributed by atoms with Crippen LogP contribution in [0.5, 0.6) is 0 Å². The molecule has 6 heterocycles. The van der Waals surface area contributed by atoms with Crippen molar-refractivity contribution in [3.05, 3.63) is 42.2 Å². The molecule has 0 spiro atoms. The van der Waals surface area contributed by atoms with Gasteiger partial charge in [0.2, 0.25) is 10.9 Å². The molecule has 0 bridgehead atoms. The number of anilines is 1. The number of H-pyrrole nitrogens is 1. The van der Waals surface area contributed by atoms with Gasteiger partial charge in [-0.2, -0.15) is 13.2 Å². The number of carbonyl (C=O) groups excluding carboxylic acids is 1. The zero-order valence-corrected chi connectivity index (χ0v) is 20.2. The minimum atomic E-state index is -4.60. The van der Waals surface area contributed by atoms with E-state index < -0.39 is 11.2 Å². The molecule has 0 aliphatic carbocycles. The Balaban J connectivity index is 1.25. The minimum Gasteiger partial charge on any atom is -0.358 e. The number of pyridine rings is 1. The molecule has 0 aromatic carbocycles. The first-order valence-electron chi connectivity index (χ1n) is 11.3. The molecule has 1 aliphatic heterocycles. The van der Waals surface area contributed by atoms with Crippen molar-refractivity contribution < 1.29 is 18.0 Å². The summed E-state index contributed by atoms with van der Waals surface area (Å²) < 4.78 is 42.5. The lowest BCUT2D eigenvalue weighted by Gasteiger charge is -2.40. The third kappa shape index (κ3) is 4.24. The number of thiazole rings is 1. The molecule has 6 rings (SSSR count). The lowest BCUT2D eigenvalue weighted by molar-refractivity contribution is -0.137. The van der Waals surface area contributed by atoms with Crippen LogP contribution in [0.25, 0.3) is 33.8 Å². The Morgan fingerprint density at radius 2 is 2.05 bits per heavy atom. The summed E-state index contributed by atoms with van der Waals surface area (Å²) in [5, 5.41) is -0.627. The first kappa shape index (κ1) is 23.3. The molecule has 1 aliphatic rings. The molecule has 5 aromatic rings. The molecule has 5 aromatic heterocycles. The molecule has 1 N–H and O–H groups in total.